The summed E-state index contributed by atoms with van der Waals surface area (Å²) in [5.74, 6) is 0. The van der Waals surface area contributed by atoms with E-state index < -0.39 is 0 Å². The van der Waals surface area contributed by atoms with Gasteiger partial charge in [0.25, 0.3) is 0 Å². The Morgan fingerprint density at radius 3 is 2.27 bits per heavy atom. The van der Waals surface area contributed by atoms with Gasteiger partial charge in [0.1, 0.15) is 0 Å². The molecule has 0 fully saturated rings. The molecule has 0 saturated carbocycles. The van der Waals surface area contributed by atoms with E-state index in [9.17, 15) is 0 Å². The van der Waals surface area contributed by atoms with Crippen LogP contribution in [0.2, 0.25) is 0 Å². The third-order valence-electron chi connectivity index (χ3n) is 1.99. The molecular weight excluding hydrogens is 132 g/mol. The van der Waals surface area contributed by atoms with Gasteiger partial charge in [-0.15, -0.1) is 0 Å². The lowest BCUT2D eigenvalue weighted by Gasteiger charge is -2.01. The molecule has 11 heavy (non-hydrogen) atoms. The first-order valence-corrected chi connectivity index (χ1v) is 4.77. The van der Waals surface area contributed by atoms with E-state index in [0.29, 0.717) is 0 Å². The first-order valence-electron chi connectivity index (χ1n) is 4.77. The molecule has 0 aromatic heterocycles. The van der Waals surface area contributed by atoms with E-state index in [0.717, 1.165) is 6.42 Å². The lowest BCUT2D eigenvalue weighted by molar-refractivity contribution is 0.628. The fraction of sp³-hybridized carbons (Fsp3) is 0.727. The summed E-state index contributed by atoms with van der Waals surface area (Å²) in [6.45, 7) is 9.97. The van der Waals surface area contributed by atoms with Crippen LogP contribution < -0.4 is 0 Å². The summed E-state index contributed by atoms with van der Waals surface area (Å²) >= 11 is 0. The fourth-order valence-corrected chi connectivity index (χ4v) is 1.10. The van der Waals surface area contributed by atoms with Crippen LogP contribution in [0, 0.1) is 6.92 Å². The maximum absolute atomic E-state index is 3.93. The van der Waals surface area contributed by atoms with Crippen LogP contribution in [0.4, 0.5) is 0 Å². The van der Waals surface area contributed by atoms with E-state index in [-0.39, 0.29) is 0 Å². The van der Waals surface area contributed by atoms with Crippen molar-refractivity contribution in [3.8, 4) is 0 Å². The predicted molar refractivity (Wildman–Crippen MR) is 52.5 cm³/mol. The molecule has 0 saturated heterocycles. The van der Waals surface area contributed by atoms with Crippen molar-refractivity contribution >= 4 is 0 Å². The minimum atomic E-state index is 0.910. The molecule has 0 rings (SSSR count). The van der Waals surface area contributed by atoms with E-state index in [1.807, 2.05) is 0 Å². The molecule has 0 atom stereocenters. The molecule has 0 heteroatoms. The highest BCUT2D eigenvalue weighted by Gasteiger charge is 1.91. The van der Waals surface area contributed by atoms with Crippen molar-refractivity contribution in [3.05, 3.63) is 19.1 Å². The van der Waals surface area contributed by atoms with Crippen LogP contribution in [0.25, 0.3) is 0 Å². The van der Waals surface area contributed by atoms with Crippen molar-refractivity contribution in [2.24, 2.45) is 0 Å². The number of hydrogen-bond donors (Lipinski definition) is 0. The van der Waals surface area contributed by atoms with Crippen LogP contribution in [0.3, 0.4) is 0 Å². The number of hydrogen-bond acceptors (Lipinski definition) is 0. The number of unbranched alkanes of at least 4 members (excludes halogenated alkanes) is 4. The molecule has 0 N–H and O–H groups in total. The van der Waals surface area contributed by atoms with Crippen molar-refractivity contribution in [3.63, 3.8) is 0 Å². The van der Waals surface area contributed by atoms with Crippen LogP contribution in [-0.2, 0) is 0 Å². The van der Waals surface area contributed by atoms with Gasteiger partial charge in [-0.25, -0.2) is 0 Å². The van der Waals surface area contributed by atoms with E-state index in [2.05, 4.69) is 20.4 Å². The van der Waals surface area contributed by atoms with Gasteiger partial charge in [-0.2, -0.15) is 0 Å². The molecule has 0 aromatic carbocycles. The van der Waals surface area contributed by atoms with Crippen molar-refractivity contribution in [1.29, 1.82) is 0 Å². The highest BCUT2D eigenvalue weighted by Crippen LogP contribution is 2.11. The SMILES string of the molecule is [CH2]CC(=C)CCCCCCC. The third-order valence-corrected chi connectivity index (χ3v) is 1.99. The van der Waals surface area contributed by atoms with Crippen molar-refractivity contribution < 1.29 is 0 Å². The predicted octanol–water partition coefficient (Wildman–Crippen LogP) is 4.13. The molecule has 0 aliphatic carbocycles. The molecule has 0 aliphatic rings. The zero-order valence-electron chi connectivity index (χ0n) is 7.86. The van der Waals surface area contributed by atoms with Gasteiger partial charge >= 0.3 is 0 Å². The van der Waals surface area contributed by atoms with Crippen molar-refractivity contribution in [2.75, 3.05) is 0 Å². The van der Waals surface area contributed by atoms with Crippen LogP contribution in [-0.4, -0.2) is 0 Å². The standard InChI is InChI=1S/C11H21/c1-4-6-7-8-9-10-11(3)5-2/h2-10H2,1H3. The smallest absolute Gasteiger partial charge is 0.0323 e. The minimum absolute atomic E-state index is 0.910. The molecule has 0 unspecified atom stereocenters. The first-order chi connectivity index (χ1) is 5.31. The topological polar surface area (TPSA) is 0 Å². The molecule has 0 heterocycles. The molecule has 0 nitrogen and oxygen atoms in total. The molecule has 0 bridgehead atoms. The van der Waals surface area contributed by atoms with Crippen LogP contribution in [0.5, 0.6) is 0 Å². The molecule has 0 spiro atoms. The summed E-state index contributed by atoms with van der Waals surface area (Å²) in [7, 11) is 0. The van der Waals surface area contributed by atoms with Gasteiger partial charge in [0.15, 0.2) is 0 Å². The maximum atomic E-state index is 3.93. The molecule has 1 radical (unpaired) electrons. The maximum Gasteiger partial charge on any atom is -0.0323 e. The third kappa shape index (κ3) is 7.64. The zero-order chi connectivity index (χ0) is 8.53. The zero-order valence-corrected chi connectivity index (χ0v) is 7.86. The van der Waals surface area contributed by atoms with Gasteiger partial charge in [-0.3, -0.25) is 0 Å². The monoisotopic (exact) mass is 153 g/mol. The Balaban J connectivity index is 2.95. The lowest BCUT2D eigenvalue weighted by Crippen LogP contribution is -1.81. The Labute approximate surface area is 71.7 Å². The van der Waals surface area contributed by atoms with Gasteiger partial charge in [0.05, 0.1) is 0 Å². The molecule has 0 aromatic rings. The van der Waals surface area contributed by atoms with Gasteiger partial charge in [-0.05, 0) is 26.2 Å². The summed E-state index contributed by atoms with van der Waals surface area (Å²) in [5.41, 5.74) is 1.31. The molecular formula is C11H21. The first kappa shape index (κ1) is 10.7. The Kier molecular flexibility index (Phi) is 7.66. The summed E-state index contributed by atoms with van der Waals surface area (Å²) in [4.78, 5) is 0. The van der Waals surface area contributed by atoms with Gasteiger partial charge in [0.2, 0.25) is 0 Å². The van der Waals surface area contributed by atoms with Crippen LogP contribution >= 0.6 is 0 Å². The molecule has 0 aliphatic heterocycles. The largest absolute Gasteiger partial charge is 0.0999 e. The second-order valence-electron chi connectivity index (χ2n) is 3.16. The Bertz CT molecular complexity index is 92.2. The Morgan fingerprint density at radius 2 is 1.73 bits per heavy atom. The molecule has 65 valence electrons. The minimum Gasteiger partial charge on any atom is -0.0999 e. The van der Waals surface area contributed by atoms with Crippen molar-refractivity contribution in [2.45, 2.75) is 51.9 Å². The Morgan fingerprint density at radius 1 is 1.09 bits per heavy atom. The van der Waals surface area contributed by atoms with Crippen LogP contribution in [0.15, 0.2) is 12.2 Å². The lowest BCUT2D eigenvalue weighted by atomic mass is 10.1. The van der Waals surface area contributed by atoms with Crippen molar-refractivity contribution in [1.82, 2.24) is 0 Å². The fourth-order valence-electron chi connectivity index (χ4n) is 1.10. The molecule has 0 amide bonds. The average Bonchev–Trinajstić information content (AvgIpc) is 2.04. The number of allylic oxidation sites excluding steroid dienone is 1. The highest BCUT2D eigenvalue weighted by molar-refractivity contribution is 4.94. The summed E-state index contributed by atoms with van der Waals surface area (Å²) in [6, 6.07) is 0. The van der Waals surface area contributed by atoms with Gasteiger partial charge in [-0.1, -0.05) is 44.8 Å². The average molecular weight is 153 g/mol. The second kappa shape index (κ2) is 7.84. The Hall–Kier alpha value is -0.260. The summed E-state index contributed by atoms with van der Waals surface area (Å²) in [6.07, 6.45) is 8.89. The van der Waals surface area contributed by atoms with E-state index in [4.69, 9.17) is 0 Å². The summed E-state index contributed by atoms with van der Waals surface area (Å²) in [5, 5.41) is 0. The van der Waals surface area contributed by atoms with E-state index in [1.165, 1.54) is 44.1 Å². The highest BCUT2D eigenvalue weighted by atomic mass is 14.0. The van der Waals surface area contributed by atoms with Gasteiger partial charge in [0, 0.05) is 0 Å². The van der Waals surface area contributed by atoms with Crippen LogP contribution in [0.1, 0.15) is 51.9 Å². The quantitative estimate of drug-likeness (QED) is 0.381. The normalized spacial score (nSPS) is 10.0. The van der Waals surface area contributed by atoms with E-state index in [1.54, 1.807) is 0 Å². The summed E-state index contributed by atoms with van der Waals surface area (Å²) < 4.78 is 0. The van der Waals surface area contributed by atoms with Gasteiger partial charge < -0.3 is 0 Å². The number of rotatable bonds is 7. The second-order valence-corrected chi connectivity index (χ2v) is 3.16. The van der Waals surface area contributed by atoms with E-state index >= 15 is 0 Å².